The van der Waals surface area contributed by atoms with Crippen molar-refractivity contribution in [1.82, 2.24) is 0 Å². The largest absolute Gasteiger partial charge is 0.353 e. The molecule has 3 aromatic carbocycles. The van der Waals surface area contributed by atoms with Gasteiger partial charge in [0, 0.05) is 21.8 Å². The molecule has 0 fully saturated rings. The van der Waals surface area contributed by atoms with Crippen LogP contribution in [0.5, 0.6) is 0 Å². The number of benzene rings is 3. The molecule has 1 N–H and O–H groups in total. The minimum absolute atomic E-state index is 0.713. The third kappa shape index (κ3) is 2.01. The molecule has 0 aromatic heterocycles. The molecule has 4 rings (SSSR count). The first-order chi connectivity index (χ1) is 10.2. The van der Waals surface area contributed by atoms with E-state index < -0.39 is 0 Å². The summed E-state index contributed by atoms with van der Waals surface area (Å²) in [4.78, 5) is 0. The fourth-order valence-electron chi connectivity index (χ4n) is 2.81. The van der Waals surface area contributed by atoms with Crippen LogP contribution < -0.4 is 5.32 Å². The van der Waals surface area contributed by atoms with E-state index in [0.717, 1.165) is 38.7 Å². The Morgan fingerprint density at radius 3 is 2.19 bits per heavy atom. The van der Waals surface area contributed by atoms with Gasteiger partial charge in [0.1, 0.15) is 0 Å². The second-order valence-electron chi connectivity index (χ2n) is 5.02. The first-order valence-corrected chi connectivity index (χ1v) is 7.44. The minimum atomic E-state index is 0.713. The molecular weight excluding hydrogens is 301 g/mol. The van der Waals surface area contributed by atoms with Gasteiger partial charge in [-0.15, -0.1) is 0 Å². The van der Waals surface area contributed by atoms with E-state index in [1.807, 2.05) is 42.5 Å². The summed E-state index contributed by atoms with van der Waals surface area (Å²) in [7, 11) is 0. The normalized spacial score (nSPS) is 11.7. The third-order valence-corrected chi connectivity index (χ3v) is 4.31. The van der Waals surface area contributed by atoms with E-state index in [2.05, 4.69) is 23.5 Å². The second kappa shape index (κ2) is 4.80. The summed E-state index contributed by atoms with van der Waals surface area (Å²) in [5.74, 6) is 0. The summed E-state index contributed by atoms with van der Waals surface area (Å²) in [5, 5.41) is 4.89. The van der Waals surface area contributed by atoms with Crippen molar-refractivity contribution in [2.45, 2.75) is 0 Å². The van der Waals surface area contributed by atoms with Crippen LogP contribution >= 0.6 is 23.2 Å². The lowest BCUT2D eigenvalue weighted by atomic mass is 9.95. The van der Waals surface area contributed by atoms with Crippen molar-refractivity contribution in [3.8, 4) is 22.3 Å². The number of rotatable bonds is 0. The van der Waals surface area contributed by atoms with Gasteiger partial charge in [-0.1, -0.05) is 59.6 Å². The van der Waals surface area contributed by atoms with Gasteiger partial charge in [-0.05, 0) is 35.4 Å². The molecule has 0 bridgehead atoms. The third-order valence-electron chi connectivity index (χ3n) is 3.76. The first kappa shape index (κ1) is 12.8. The zero-order valence-corrected chi connectivity index (χ0v) is 12.5. The molecule has 102 valence electrons. The lowest BCUT2D eigenvalue weighted by Gasteiger charge is -2.11. The average molecular weight is 312 g/mol. The van der Waals surface area contributed by atoms with Crippen molar-refractivity contribution >= 4 is 34.6 Å². The minimum Gasteiger partial charge on any atom is -0.353 e. The molecule has 0 unspecified atom stereocenters. The molecule has 3 heteroatoms. The maximum Gasteiger partial charge on any atom is 0.0653 e. The Morgan fingerprint density at radius 2 is 1.38 bits per heavy atom. The molecule has 0 aliphatic carbocycles. The van der Waals surface area contributed by atoms with Gasteiger partial charge >= 0.3 is 0 Å². The summed E-state index contributed by atoms with van der Waals surface area (Å²) in [6.45, 7) is 0. The summed E-state index contributed by atoms with van der Waals surface area (Å²) in [5.41, 5.74) is 6.45. The van der Waals surface area contributed by atoms with Crippen LogP contribution in [0.4, 0.5) is 11.4 Å². The zero-order chi connectivity index (χ0) is 14.4. The lowest BCUT2D eigenvalue weighted by Crippen LogP contribution is -1.92. The van der Waals surface area contributed by atoms with Gasteiger partial charge in [0.15, 0.2) is 0 Å². The van der Waals surface area contributed by atoms with E-state index in [9.17, 15) is 0 Å². The maximum absolute atomic E-state index is 6.39. The molecule has 3 aromatic rings. The van der Waals surface area contributed by atoms with E-state index in [0.29, 0.717) is 5.02 Å². The van der Waals surface area contributed by atoms with Crippen LogP contribution in [0, 0.1) is 0 Å². The Kier molecular flexibility index (Phi) is 2.91. The Balaban J connectivity index is 2.13. The standard InChI is InChI=1S/C18H11Cl2N/c19-11-8-9-17-15(10-11)13-5-2-1-4-12(13)14-6-3-7-16(20)18(14)21-17/h1-10,21H. The monoisotopic (exact) mass is 311 g/mol. The van der Waals surface area contributed by atoms with E-state index in [-0.39, 0.29) is 0 Å². The highest BCUT2D eigenvalue weighted by molar-refractivity contribution is 6.34. The maximum atomic E-state index is 6.39. The Morgan fingerprint density at radius 1 is 0.667 bits per heavy atom. The summed E-state index contributed by atoms with van der Waals surface area (Å²) in [6, 6.07) is 20.1. The van der Waals surface area contributed by atoms with Gasteiger partial charge in [0.05, 0.1) is 10.7 Å². The average Bonchev–Trinajstić information content (AvgIpc) is 2.64. The number of para-hydroxylation sites is 1. The predicted molar refractivity (Wildman–Crippen MR) is 90.6 cm³/mol. The first-order valence-electron chi connectivity index (χ1n) is 6.69. The van der Waals surface area contributed by atoms with Crippen LogP contribution in [0.15, 0.2) is 60.7 Å². The van der Waals surface area contributed by atoms with Gasteiger partial charge in [-0.2, -0.15) is 0 Å². The molecule has 1 heterocycles. The van der Waals surface area contributed by atoms with Crippen molar-refractivity contribution in [3.05, 3.63) is 70.7 Å². The van der Waals surface area contributed by atoms with Crippen LogP contribution in [-0.4, -0.2) is 0 Å². The molecule has 0 spiro atoms. The highest BCUT2D eigenvalue weighted by Crippen LogP contribution is 2.46. The van der Waals surface area contributed by atoms with Crippen molar-refractivity contribution in [2.75, 3.05) is 5.32 Å². The topological polar surface area (TPSA) is 12.0 Å². The van der Waals surface area contributed by atoms with E-state index in [1.54, 1.807) is 0 Å². The fourth-order valence-corrected chi connectivity index (χ4v) is 3.21. The smallest absolute Gasteiger partial charge is 0.0653 e. The van der Waals surface area contributed by atoms with Crippen LogP contribution in [0.3, 0.4) is 0 Å². The fraction of sp³-hybridized carbons (Fsp3) is 0. The van der Waals surface area contributed by atoms with E-state index in [1.165, 1.54) is 0 Å². The zero-order valence-electron chi connectivity index (χ0n) is 11.0. The highest BCUT2D eigenvalue weighted by atomic mass is 35.5. The summed E-state index contributed by atoms with van der Waals surface area (Å²) < 4.78 is 0. The Labute approximate surface area is 133 Å². The van der Waals surface area contributed by atoms with Crippen molar-refractivity contribution in [1.29, 1.82) is 0 Å². The summed E-state index contributed by atoms with van der Waals surface area (Å²) in [6.07, 6.45) is 0. The molecule has 1 aliphatic rings. The van der Waals surface area contributed by atoms with Crippen LogP contribution in [0.25, 0.3) is 22.3 Å². The second-order valence-corrected chi connectivity index (χ2v) is 5.87. The molecule has 0 atom stereocenters. The number of hydrogen-bond donors (Lipinski definition) is 1. The molecule has 1 aliphatic heterocycles. The number of nitrogens with one attached hydrogen (secondary N) is 1. The number of hydrogen-bond acceptors (Lipinski definition) is 1. The van der Waals surface area contributed by atoms with Crippen molar-refractivity contribution < 1.29 is 0 Å². The predicted octanol–water partition coefficient (Wildman–Crippen LogP) is 6.38. The quantitative estimate of drug-likeness (QED) is 0.397. The van der Waals surface area contributed by atoms with E-state index >= 15 is 0 Å². The van der Waals surface area contributed by atoms with Gasteiger partial charge in [0.25, 0.3) is 0 Å². The Bertz CT molecular complexity index is 841. The van der Waals surface area contributed by atoms with Crippen LogP contribution in [0.2, 0.25) is 10.0 Å². The molecule has 0 amide bonds. The highest BCUT2D eigenvalue weighted by Gasteiger charge is 2.20. The van der Waals surface area contributed by atoms with Crippen molar-refractivity contribution in [2.24, 2.45) is 0 Å². The van der Waals surface area contributed by atoms with Crippen LogP contribution in [0.1, 0.15) is 0 Å². The Hall–Kier alpha value is -1.96. The van der Waals surface area contributed by atoms with Gasteiger partial charge in [0.2, 0.25) is 0 Å². The van der Waals surface area contributed by atoms with Gasteiger partial charge in [-0.25, -0.2) is 0 Å². The van der Waals surface area contributed by atoms with Crippen molar-refractivity contribution in [3.63, 3.8) is 0 Å². The van der Waals surface area contributed by atoms with Gasteiger partial charge < -0.3 is 5.32 Å². The molecule has 1 nitrogen and oxygen atoms in total. The lowest BCUT2D eigenvalue weighted by molar-refractivity contribution is 1.57. The molecule has 0 saturated carbocycles. The van der Waals surface area contributed by atoms with E-state index in [4.69, 9.17) is 23.2 Å². The summed E-state index contributed by atoms with van der Waals surface area (Å²) >= 11 is 12.6. The molecule has 21 heavy (non-hydrogen) atoms. The van der Waals surface area contributed by atoms with Gasteiger partial charge in [-0.3, -0.25) is 0 Å². The van der Waals surface area contributed by atoms with Crippen LogP contribution in [-0.2, 0) is 0 Å². The number of halogens is 2. The number of anilines is 2. The molecule has 0 radical (unpaired) electrons. The molecular formula is C18H11Cl2N. The molecule has 0 saturated heterocycles. The number of fused-ring (bicyclic) bond motifs is 5. The SMILES string of the molecule is Clc1ccc2c(c1)-c1ccccc1-c1cccc(Cl)c1N2.